The van der Waals surface area contributed by atoms with Crippen molar-refractivity contribution in [2.75, 3.05) is 18.5 Å². The SMILES string of the molecule is CCCCCN(Cc1cncn1Cc1ccc(C#N)cc1)C(=O)N(C)c1cccc(Cl)c1.Cl. The van der Waals surface area contributed by atoms with Gasteiger partial charge in [-0.25, -0.2) is 9.78 Å². The molecule has 0 fully saturated rings. The van der Waals surface area contributed by atoms with E-state index in [4.69, 9.17) is 16.9 Å². The third kappa shape index (κ3) is 7.24. The molecule has 0 saturated carbocycles. The lowest BCUT2D eigenvalue weighted by Gasteiger charge is -2.29. The fraction of sp³-hybridized carbons (Fsp3) is 0.320. The number of urea groups is 1. The molecule has 0 aliphatic heterocycles. The number of rotatable bonds is 9. The van der Waals surface area contributed by atoms with Gasteiger partial charge in [0, 0.05) is 37.0 Å². The lowest BCUT2D eigenvalue weighted by Crippen LogP contribution is -2.41. The number of benzene rings is 2. The molecule has 0 saturated heterocycles. The first kappa shape index (κ1) is 26.2. The van der Waals surface area contributed by atoms with Gasteiger partial charge in [0.2, 0.25) is 0 Å². The minimum absolute atomic E-state index is 0. The first-order chi connectivity index (χ1) is 15.5. The average molecular weight is 486 g/mol. The predicted molar refractivity (Wildman–Crippen MR) is 135 cm³/mol. The quantitative estimate of drug-likeness (QED) is 0.342. The normalized spacial score (nSPS) is 10.2. The number of amides is 2. The van der Waals surface area contributed by atoms with E-state index in [1.165, 1.54) is 0 Å². The second-order valence-corrected chi connectivity index (χ2v) is 8.21. The Hall–Kier alpha value is -3.01. The van der Waals surface area contributed by atoms with Crippen molar-refractivity contribution in [1.29, 1.82) is 5.26 Å². The largest absolute Gasteiger partial charge is 0.329 e. The molecule has 0 N–H and O–H groups in total. The fourth-order valence-corrected chi connectivity index (χ4v) is 3.69. The van der Waals surface area contributed by atoms with Crippen LogP contribution in [0.3, 0.4) is 0 Å². The van der Waals surface area contributed by atoms with Crippen molar-refractivity contribution in [3.63, 3.8) is 0 Å². The molecule has 3 rings (SSSR count). The van der Waals surface area contributed by atoms with Crippen LogP contribution in [-0.2, 0) is 13.1 Å². The predicted octanol–water partition coefficient (Wildman–Crippen LogP) is 6.13. The van der Waals surface area contributed by atoms with Crippen molar-refractivity contribution in [3.05, 3.63) is 82.9 Å². The molecular formula is C25H29Cl2N5O. The zero-order chi connectivity index (χ0) is 22.9. The van der Waals surface area contributed by atoms with Crippen LogP contribution in [-0.4, -0.2) is 34.1 Å². The van der Waals surface area contributed by atoms with Gasteiger partial charge in [-0.3, -0.25) is 4.90 Å². The summed E-state index contributed by atoms with van der Waals surface area (Å²) in [4.78, 5) is 21.2. The topological polar surface area (TPSA) is 65.2 Å². The summed E-state index contributed by atoms with van der Waals surface area (Å²) in [6.07, 6.45) is 6.68. The first-order valence-corrected chi connectivity index (χ1v) is 11.2. The van der Waals surface area contributed by atoms with E-state index in [0.717, 1.165) is 36.2 Å². The number of anilines is 1. The van der Waals surface area contributed by atoms with Gasteiger partial charge in [-0.1, -0.05) is 49.6 Å². The molecule has 6 nitrogen and oxygen atoms in total. The molecule has 33 heavy (non-hydrogen) atoms. The van der Waals surface area contributed by atoms with E-state index in [-0.39, 0.29) is 18.4 Å². The standard InChI is InChI=1S/C25H28ClN5O.ClH/c1-3-4-5-13-30(25(32)29(2)23-8-6-7-22(26)14-23)18-24-16-28-19-31(24)17-21-11-9-20(15-27)10-12-21;/h6-12,14,16,19H,3-5,13,17-18H2,1-2H3;1H. The van der Waals surface area contributed by atoms with Gasteiger partial charge >= 0.3 is 6.03 Å². The van der Waals surface area contributed by atoms with Gasteiger partial charge in [-0.05, 0) is 42.3 Å². The Balaban J connectivity index is 0.00000385. The lowest BCUT2D eigenvalue weighted by atomic mass is 10.1. The van der Waals surface area contributed by atoms with Crippen LogP contribution in [0, 0.1) is 11.3 Å². The zero-order valence-corrected chi connectivity index (χ0v) is 20.5. The summed E-state index contributed by atoms with van der Waals surface area (Å²) in [5, 5.41) is 9.59. The second kappa shape index (κ2) is 12.9. The number of nitriles is 1. The summed E-state index contributed by atoms with van der Waals surface area (Å²) in [5.74, 6) is 0. The average Bonchev–Trinajstić information content (AvgIpc) is 3.24. The Morgan fingerprint density at radius 3 is 2.61 bits per heavy atom. The highest BCUT2D eigenvalue weighted by atomic mass is 35.5. The van der Waals surface area contributed by atoms with Gasteiger partial charge in [0.05, 0.1) is 30.2 Å². The van der Waals surface area contributed by atoms with Crippen LogP contribution in [0.15, 0.2) is 61.1 Å². The Morgan fingerprint density at radius 1 is 1.18 bits per heavy atom. The minimum Gasteiger partial charge on any atom is -0.329 e. The van der Waals surface area contributed by atoms with Crippen LogP contribution in [0.25, 0.3) is 0 Å². The Kier molecular flexibility index (Phi) is 10.2. The number of unbranched alkanes of at least 4 members (excludes halogenated alkanes) is 2. The number of aromatic nitrogens is 2. The molecule has 174 valence electrons. The molecule has 0 unspecified atom stereocenters. The Morgan fingerprint density at radius 2 is 1.94 bits per heavy atom. The van der Waals surface area contributed by atoms with Crippen molar-refractivity contribution in [3.8, 4) is 6.07 Å². The van der Waals surface area contributed by atoms with Crippen molar-refractivity contribution in [1.82, 2.24) is 14.5 Å². The summed E-state index contributed by atoms with van der Waals surface area (Å²) in [6.45, 7) is 3.91. The van der Waals surface area contributed by atoms with Crippen molar-refractivity contribution in [2.24, 2.45) is 0 Å². The van der Waals surface area contributed by atoms with Crippen LogP contribution in [0.2, 0.25) is 5.02 Å². The number of nitrogens with zero attached hydrogens (tertiary/aromatic N) is 5. The number of hydrogen-bond donors (Lipinski definition) is 0. The fourth-order valence-electron chi connectivity index (χ4n) is 3.50. The third-order valence-corrected chi connectivity index (χ3v) is 5.61. The number of carbonyl (C=O) groups excluding carboxylic acids is 1. The lowest BCUT2D eigenvalue weighted by molar-refractivity contribution is 0.200. The van der Waals surface area contributed by atoms with Crippen LogP contribution in [0.4, 0.5) is 10.5 Å². The maximum absolute atomic E-state index is 13.4. The number of hydrogen-bond acceptors (Lipinski definition) is 3. The molecule has 0 aliphatic rings. The van der Waals surface area contributed by atoms with Crippen LogP contribution >= 0.6 is 24.0 Å². The maximum Gasteiger partial charge on any atom is 0.324 e. The molecule has 0 bridgehead atoms. The van der Waals surface area contributed by atoms with E-state index in [1.807, 2.05) is 52.1 Å². The summed E-state index contributed by atoms with van der Waals surface area (Å²) >= 11 is 6.13. The van der Waals surface area contributed by atoms with Crippen LogP contribution in [0.1, 0.15) is 43.0 Å². The van der Waals surface area contributed by atoms with E-state index in [9.17, 15) is 4.79 Å². The number of halogens is 2. The van der Waals surface area contributed by atoms with Gasteiger partial charge in [0.25, 0.3) is 0 Å². The third-order valence-electron chi connectivity index (χ3n) is 5.37. The summed E-state index contributed by atoms with van der Waals surface area (Å²) in [7, 11) is 1.77. The Labute approximate surface area is 206 Å². The zero-order valence-electron chi connectivity index (χ0n) is 18.9. The maximum atomic E-state index is 13.4. The Bertz CT molecular complexity index is 1070. The summed E-state index contributed by atoms with van der Waals surface area (Å²) in [6, 6.07) is 16.9. The smallest absolute Gasteiger partial charge is 0.324 e. The molecule has 0 aliphatic carbocycles. The van der Waals surface area contributed by atoms with Gasteiger partial charge in [-0.2, -0.15) is 5.26 Å². The van der Waals surface area contributed by atoms with E-state index in [1.54, 1.807) is 30.4 Å². The molecule has 2 amide bonds. The van der Waals surface area contributed by atoms with Crippen molar-refractivity contribution in [2.45, 2.75) is 39.3 Å². The van der Waals surface area contributed by atoms with E-state index < -0.39 is 0 Å². The first-order valence-electron chi connectivity index (χ1n) is 10.8. The number of carbonyl (C=O) groups is 1. The van der Waals surface area contributed by atoms with Gasteiger partial charge in [0.1, 0.15) is 0 Å². The molecule has 0 spiro atoms. The van der Waals surface area contributed by atoms with E-state index in [2.05, 4.69) is 18.0 Å². The molecular weight excluding hydrogens is 457 g/mol. The number of imidazole rings is 1. The van der Waals surface area contributed by atoms with E-state index in [0.29, 0.717) is 30.2 Å². The highest BCUT2D eigenvalue weighted by Gasteiger charge is 2.21. The summed E-state index contributed by atoms with van der Waals surface area (Å²) < 4.78 is 2.04. The van der Waals surface area contributed by atoms with Gasteiger partial charge in [0.15, 0.2) is 0 Å². The molecule has 3 aromatic rings. The molecule has 8 heteroatoms. The van der Waals surface area contributed by atoms with Gasteiger partial charge in [-0.15, -0.1) is 12.4 Å². The second-order valence-electron chi connectivity index (χ2n) is 7.77. The highest BCUT2D eigenvalue weighted by molar-refractivity contribution is 6.30. The van der Waals surface area contributed by atoms with Crippen LogP contribution in [0.5, 0.6) is 0 Å². The minimum atomic E-state index is -0.0745. The van der Waals surface area contributed by atoms with E-state index >= 15 is 0 Å². The molecule has 1 aromatic heterocycles. The van der Waals surface area contributed by atoms with Crippen LogP contribution < -0.4 is 4.90 Å². The van der Waals surface area contributed by atoms with Crippen molar-refractivity contribution >= 4 is 35.7 Å². The van der Waals surface area contributed by atoms with Gasteiger partial charge < -0.3 is 9.47 Å². The molecule has 0 atom stereocenters. The molecule has 2 aromatic carbocycles. The highest BCUT2D eigenvalue weighted by Crippen LogP contribution is 2.21. The molecule has 1 heterocycles. The summed E-state index contributed by atoms with van der Waals surface area (Å²) in [5.41, 5.74) is 3.42. The monoisotopic (exact) mass is 485 g/mol. The molecule has 0 radical (unpaired) electrons. The van der Waals surface area contributed by atoms with Crippen molar-refractivity contribution < 1.29 is 4.79 Å².